The Hall–Kier alpha value is -0.280. The summed E-state index contributed by atoms with van der Waals surface area (Å²) < 4.78 is 0. The highest BCUT2D eigenvalue weighted by Crippen LogP contribution is 2.29. The third-order valence-corrected chi connectivity index (χ3v) is 4.34. The zero-order chi connectivity index (χ0) is 12.4. The van der Waals surface area contributed by atoms with E-state index in [0.717, 1.165) is 13.0 Å². The van der Waals surface area contributed by atoms with Gasteiger partial charge in [0, 0.05) is 6.04 Å². The Morgan fingerprint density at radius 2 is 2.12 bits per heavy atom. The van der Waals surface area contributed by atoms with Crippen LogP contribution in [0.3, 0.4) is 0 Å². The molecule has 2 nitrogen and oxygen atoms in total. The highest BCUT2D eigenvalue weighted by atomic mass is 35.5. The lowest BCUT2D eigenvalue weighted by Gasteiger charge is -2.20. The van der Waals surface area contributed by atoms with E-state index in [-0.39, 0.29) is 12.6 Å². The molecule has 0 radical (unpaired) electrons. The lowest BCUT2D eigenvalue weighted by molar-refractivity contribution is 0.217. The molecule has 2 rings (SSSR count). The van der Waals surface area contributed by atoms with E-state index in [1.807, 2.05) is 18.2 Å². The topological polar surface area (TPSA) is 32.3 Å². The molecule has 0 bridgehead atoms. The van der Waals surface area contributed by atoms with E-state index in [1.54, 1.807) is 0 Å². The lowest BCUT2D eigenvalue weighted by Crippen LogP contribution is -2.32. The van der Waals surface area contributed by atoms with Crippen LogP contribution < -0.4 is 5.32 Å². The molecule has 94 valence electrons. The van der Waals surface area contributed by atoms with Gasteiger partial charge in [-0.15, -0.1) is 0 Å². The summed E-state index contributed by atoms with van der Waals surface area (Å²) in [7, 11) is 0. The van der Waals surface area contributed by atoms with Crippen molar-refractivity contribution < 1.29 is 5.11 Å². The number of hydrogen-bond donors (Lipinski definition) is 2. The maximum absolute atomic E-state index is 9.32. The zero-order valence-corrected chi connectivity index (χ0v) is 11.3. The van der Waals surface area contributed by atoms with Gasteiger partial charge in [0.1, 0.15) is 0 Å². The van der Waals surface area contributed by atoms with E-state index >= 15 is 0 Å². The number of benzene rings is 1. The van der Waals surface area contributed by atoms with Crippen molar-refractivity contribution in [2.45, 2.75) is 19.4 Å². The number of rotatable bonds is 3. The SMILES string of the molecule is C[C@H]1CN[C@H](CO)C1Cc1ccc(Cl)c(Cl)c1. The second-order valence-electron chi connectivity index (χ2n) is 4.79. The summed E-state index contributed by atoms with van der Waals surface area (Å²) in [5.74, 6) is 1.03. The Kier molecular flexibility index (Phi) is 4.31. The lowest BCUT2D eigenvalue weighted by atomic mass is 9.86. The van der Waals surface area contributed by atoms with Crippen molar-refractivity contribution >= 4 is 23.2 Å². The van der Waals surface area contributed by atoms with E-state index in [1.165, 1.54) is 5.56 Å². The van der Waals surface area contributed by atoms with Crippen LogP contribution in [-0.4, -0.2) is 24.3 Å². The van der Waals surface area contributed by atoms with Crippen LogP contribution in [0.15, 0.2) is 18.2 Å². The molecule has 0 amide bonds. The minimum Gasteiger partial charge on any atom is -0.395 e. The summed E-state index contributed by atoms with van der Waals surface area (Å²) in [4.78, 5) is 0. The van der Waals surface area contributed by atoms with Crippen LogP contribution in [0.25, 0.3) is 0 Å². The maximum atomic E-state index is 9.32. The maximum Gasteiger partial charge on any atom is 0.0595 e. The Morgan fingerprint density at radius 3 is 2.76 bits per heavy atom. The number of aliphatic hydroxyl groups is 1. The van der Waals surface area contributed by atoms with Crippen molar-refractivity contribution in [2.75, 3.05) is 13.2 Å². The predicted octanol–water partition coefficient (Wildman–Crippen LogP) is 2.75. The van der Waals surface area contributed by atoms with E-state index < -0.39 is 0 Å². The summed E-state index contributed by atoms with van der Waals surface area (Å²) in [5, 5.41) is 13.9. The Labute approximate surface area is 112 Å². The highest BCUT2D eigenvalue weighted by molar-refractivity contribution is 6.42. The Morgan fingerprint density at radius 1 is 1.35 bits per heavy atom. The van der Waals surface area contributed by atoms with E-state index in [0.29, 0.717) is 21.9 Å². The van der Waals surface area contributed by atoms with E-state index in [2.05, 4.69) is 12.2 Å². The van der Waals surface area contributed by atoms with Gasteiger partial charge in [-0.1, -0.05) is 36.2 Å². The standard InChI is InChI=1S/C13H17Cl2NO/c1-8-6-16-13(7-17)10(8)4-9-2-3-11(14)12(15)5-9/h2-3,5,8,10,13,16-17H,4,6-7H2,1H3/t8-,10?,13+/m0/s1. The van der Waals surface area contributed by atoms with Crippen LogP contribution in [0.2, 0.25) is 10.0 Å². The van der Waals surface area contributed by atoms with Gasteiger partial charge in [-0.25, -0.2) is 0 Å². The molecular weight excluding hydrogens is 257 g/mol. The van der Waals surface area contributed by atoms with Gasteiger partial charge in [0.25, 0.3) is 0 Å². The monoisotopic (exact) mass is 273 g/mol. The molecule has 0 spiro atoms. The first-order chi connectivity index (χ1) is 8.11. The molecule has 1 aliphatic rings. The van der Waals surface area contributed by atoms with Crippen molar-refractivity contribution in [1.29, 1.82) is 0 Å². The normalized spacial score (nSPS) is 28.6. The third-order valence-electron chi connectivity index (χ3n) is 3.60. The molecule has 1 aliphatic heterocycles. The number of aliphatic hydroxyl groups excluding tert-OH is 1. The van der Waals surface area contributed by atoms with Gasteiger partial charge in [0.2, 0.25) is 0 Å². The fourth-order valence-corrected chi connectivity index (χ4v) is 2.84. The quantitative estimate of drug-likeness (QED) is 0.888. The van der Waals surface area contributed by atoms with Crippen LogP contribution >= 0.6 is 23.2 Å². The van der Waals surface area contributed by atoms with Gasteiger partial charge in [0.05, 0.1) is 16.7 Å². The van der Waals surface area contributed by atoms with Gasteiger partial charge in [-0.2, -0.15) is 0 Å². The van der Waals surface area contributed by atoms with Crippen molar-refractivity contribution in [3.05, 3.63) is 33.8 Å². The largest absolute Gasteiger partial charge is 0.395 e. The molecule has 0 saturated carbocycles. The van der Waals surface area contributed by atoms with Crippen molar-refractivity contribution in [3.63, 3.8) is 0 Å². The first-order valence-electron chi connectivity index (χ1n) is 5.90. The molecular formula is C13H17Cl2NO. The second-order valence-corrected chi connectivity index (χ2v) is 5.61. The van der Waals surface area contributed by atoms with Gasteiger partial charge in [-0.3, -0.25) is 0 Å². The number of nitrogens with one attached hydrogen (secondary N) is 1. The van der Waals surface area contributed by atoms with Crippen molar-refractivity contribution in [1.82, 2.24) is 5.32 Å². The summed E-state index contributed by atoms with van der Waals surface area (Å²) in [6, 6.07) is 5.96. The van der Waals surface area contributed by atoms with Crippen LogP contribution in [-0.2, 0) is 6.42 Å². The first-order valence-corrected chi connectivity index (χ1v) is 6.65. The van der Waals surface area contributed by atoms with Crippen LogP contribution in [0, 0.1) is 11.8 Å². The molecule has 2 N–H and O–H groups in total. The molecule has 1 saturated heterocycles. The van der Waals surface area contributed by atoms with Gasteiger partial charge in [-0.05, 0) is 42.5 Å². The van der Waals surface area contributed by atoms with Gasteiger partial charge < -0.3 is 10.4 Å². The fourth-order valence-electron chi connectivity index (χ4n) is 2.52. The zero-order valence-electron chi connectivity index (χ0n) is 9.79. The summed E-state index contributed by atoms with van der Waals surface area (Å²) in [6.45, 7) is 3.37. The van der Waals surface area contributed by atoms with Crippen LogP contribution in [0.4, 0.5) is 0 Å². The van der Waals surface area contributed by atoms with E-state index in [9.17, 15) is 5.11 Å². The number of halogens is 2. The first kappa shape index (κ1) is 13.2. The Bertz CT molecular complexity index is 397. The molecule has 4 heteroatoms. The minimum atomic E-state index is 0.191. The number of hydrogen-bond acceptors (Lipinski definition) is 2. The van der Waals surface area contributed by atoms with Crippen molar-refractivity contribution in [2.24, 2.45) is 11.8 Å². The molecule has 3 atom stereocenters. The molecule has 1 aromatic carbocycles. The highest BCUT2D eigenvalue weighted by Gasteiger charge is 2.32. The van der Waals surface area contributed by atoms with Crippen LogP contribution in [0.5, 0.6) is 0 Å². The molecule has 1 heterocycles. The summed E-state index contributed by atoms with van der Waals surface area (Å²) >= 11 is 11.9. The molecule has 1 unspecified atom stereocenters. The Balaban J connectivity index is 2.11. The van der Waals surface area contributed by atoms with Crippen LogP contribution in [0.1, 0.15) is 12.5 Å². The van der Waals surface area contributed by atoms with Gasteiger partial charge >= 0.3 is 0 Å². The molecule has 1 aromatic rings. The smallest absolute Gasteiger partial charge is 0.0595 e. The summed E-state index contributed by atoms with van der Waals surface area (Å²) in [5.41, 5.74) is 1.18. The molecule has 0 aliphatic carbocycles. The molecule has 0 aromatic heterocycles. The third kappa shape index (κ3) is 2.94. The fraction of sp³-hybridized carbons (Fsp3) is 0.538. The van der Waals surface area contributed by atoms with Gasteiger partial charge in [0.15, 0.2) is 0 Å². The average molecular weight is 274 g/mol. The average Bonchev–Trinajstić information content (AvgIpc) is 2.65. The molecule has 17 heavy (non-hydrogen) atoms. The molecule has 1 fully saturated rings. The van der Waals surface area contributed by atoms with E-state index in [4.69, 9.17) is 23.2 Å². The second kappa shape index (κ2) is 5.57. The minimum absolute atomic E-state index is 0.191. The predicted molar refractivity (Wildman–Crippen MR) is 71.7 cm³/mol. The van der Waals surface area contributed by atoms with Crippen molar-refractivity contribution in [3.8, 4) is 0 Å². The summed E-state index contributed by atoms with van der Waals surface area (Å²) in [6.07, 6.45) is 0.927.